The molecule has 1 aromatic carbocycles. The summed E-state index contributed by atoms with van der Waals surface area (Å²) in [6, 6.07) is 7.08. The zero-order valence-electron chi connectivity index (χ0n) is 16.3. The zero-order valence-corrected chi connectivity index (χ0v) is 17.9. The highest BCUT2D eigenvalue weighted by atomic mass is 79.9. The van der Waals surface area contributed by atoms with Crippen LogP contribution in [0.1, 0.15) is 34.6 Å². The fourth-order valence-electron chi connectivity index (χ4n) is 3.58. The Balaban J connectivity index is 1.90. The highest BCUT2D eigenvalue weighted by Crippen LogP contribution is 2.33. The Morgan fingerprint density at radius 2 is 1.78 bits per heavy atom. The fourth-order valence-corrected chi connectivity index (χ4v) is 4.01. The number of fused-ring (bicyclic) bond motifs is 1. The lowest BCUT2D eigenvalue weighted by atomic mass is 10.1. The first kappa shape index (κ1) is 19.7. The number of benzene rings is 1. The van der Waals surface area contributed by atoms with Crippen LogP contribution < -0.4 is 10.5 Å². The van der Waals surface area contributed by atoms with Crippen molar-refractivity contribution in [2.75, 3.05) is 18.0 Å². The van der Waals surface area contributed by atoms with E-state index in [-0.39, 0.29) is 23.8 Å². The van der Waals surface area contributed by atoms with Gasteiger partial charge in [0.25, 0.3) is 0 Å². The first-order chi connectivity index (χ1) is 12.6. The van der Waals surface area contributed by atoms with Crippen molar-refractivity contribution in [3.8, 4) is 0 Å². The SMILES string of the molecule is C[C@@H]1CN(c2ccc(Br)c3oc(=O)ccc23)C[C@H](C)N1C(=O)OC(C)(C)C. The second-order valence-electron chi connectivity index (χ2n) is 8.05. The molecule has 6 nitrogen and oxygen atoms in total. The van der Waals surface area contributed by atoms with Gasteiger partial charge in [-0.1, -0.05) is 0 Å². The predicted molar refractivity (Wildman–Crippen MR) is 109 cm³/mol. The molecule has 146 valence electrons. The van der Waals surface area contributed by atoms with Crippen LogP contribution in [0.25, 0.3) is 11.0 Å². The van der Waals surface area contributed by atoms with Crippen molar-refractivity contribution < 1.29 is 13.9 Å². The molecule has 0 N–H and O–H groups in total. The highest BCUT2D eigenvalue weighted by molar-refractivity contribution is 9.10. The van der Waals surface area contributed by atoms with Crippen LogP contribution in [0.3, 0.4) is 0 Å². The minimum absolute atomic E-state index is 0.0157. The zero-order chi connectivity index (χ0) is 19.9. The second kappa shape index (κ2) is 7.19. The summed E-state index contributed by atoms with van der Waals surface area (Å²) < 4.78 is 11.7. The molecule has 0 bridgehead atoms. The molecule has 7 heteroatoms. The Bertz CT molecular complexity index is 906. The number of hydrogen-bond donors (Lipinski definition) is 0. The Labute approximate surface area is 167 Å². The maximum atomic E-state index is 12.6. The molecule has 1 aliphatic heterocycles. The van der Waals surface area contributed by atoms with Gasteiger partial charge >= 0.3 is 11.7 Å². The molecule has 2 aromatic rings. The molecule has 1 amide bonds. The summed E-state index contributed by atoms with van der Waals surface area (Å²) in [5.41, 5.74) is 0.624. The van der Waals surface area contributed by atoms with Crippen molar-refractivity contribution in [3.63, 3.8) is 0 Å². The van der Waals surface area contributed by atoms with Gasteiger partial charge in [-0.15, -0.1) is 0 Å². The van der Waals surface area contributed by atoms with Crippen molar-refractivity contribution in [3.05, 3.63) is 39.2 Å². The minimum Gasteiger partial charge on any atom is -0.444 e. The quantitative estimate of drug-likeness (QED) is 0.620. The molecular weight excluding hydrogens is 412 g/mol. The van der Waals surface area contributed by atoms with Crippen LogP contribution in [0.5, 0.6) is 0 Å². The summed E-state index contributed by atoms with van der Waals surface area (Å²) in [5, 5.41) is 0.870. The van der Waals surface area contributed by atoms with Gasteiger partial charge in [0, 0.05) is 30.2 Å². The van der Waals surface area contributed by atoms with E-state index < -0.39 is 5.60 Å². The average molecular weight is 437 g/mol. The summed E-state index contributed by atoms with van der Waals surface area (Å²) in [6.45, 7) is 11.0. The lowest BCUT2D eigenvalue weighted by molar-refractivity contribution is 0.00568. The van der Waals surface area contributed by atoms with Gasteiger partial charge < -0.3 is 14.1 Å². The third kappa shape index (κ3) is 4.13. The van der Waals surface area contributed by atoms with Crippen LogP contribution in [-0.2, 0) is 4.74 Å². The van der Waals surface area contributed by atoms with Gasteiger partial charge in [0.05, 0.1) is 16.6 Å². The van der Waals surface area contributed by atoms with Gasteiger partial charge in [0.2, 0.25) is 0 Å². The lowest BCUT2D eigenvalue weighted by Crippen LogP contribution is -2.59. The van der Waals surface area contributed by atoms with Gasteiger partial charge in [-0.05, 0) is 68.7 Å². The normalized spacial score (nSPS) is 20.8. The third-order valence-corrected chi connectivity index (χ3v) is 5.20. The summed E-state index contributed by atoms with van der Waals surface area (Å²) in [4.78, 5) is 28.2. The highest BCUT2D eigenvalue weighted by Gasteiger charge is 2.36. The first-order valence-corrected chi connectivity index (χ1v) is 9.85. The van der Waals surface area contributed by atoms with E-state index in [0.717, 1.165) is 15.5 Å². The molecule has 0 unspecified atom stereocenters. The van der Waals surface area contributed by atoms with Gasteiger partial charge in [-0.25, -0.2) is 9.59 Å². The number of piperazine rings is 1. The van der Waals surface area contributed by atoms with Gasteiger partial charge in [0.1, 0.15) is 5.60 Å². The molecule has 2 atom stereocenters. The molecule has 0 radical (unpaired) electrons. The Morgan fingerprint density at radius 1 is 1.15 bits per heavy atom. The Kier molecular flexibility index (Phi) is 5.25. The monoisotopic (exact) mass is 436 g/mol. The average Bonchev–Trinajstić information content (AvgIpc) is 2.53. The number of amides is 1. The van der Waals surface area contributed by atoms with Crippen molar-refractivity contribution in [1.29, 1.82) is 0 Å². The predicted octanol–water partition coefficient (Wildman–Crippen LogP) is 4.39. The topological polar surface area (TPSA) is 63.0 Å². The molecule has 0 saturated carbocycles. The molecule has 2 heterocycles. The maximum absolute atomic E-state index is 12.6. The summed E-state index contributed by atoms with van der Waals surface area (Å²) in [6.07, 6.45) is -0.284. The van der Waals surface area contributed by atoms with Crippen LogP contribution in [0.15, 0.2) is 37.9 Å². The van der Waals surface area contributed by atoms with Crippen molar-refractivity contribution >= 4 is 38.7 Å². The van der Waals surface area contributed by atoms with Crippen LogP contribution >= 0.6 is 15.9 Å². The first-order valence-electron chi connectivity index (χ1n) is 9.05. The molecule has 1 fully saturated rings. The van der Waals surface area contributed by atoms with Crippen LogP contribution in [0.2, 0.25) is 0 Å². The van der Waals surface area contributed by atoms with E-state index >= 15 is 0 Å². The summed E-state index contributed by atoms with van der Waals surface area (Å²) in [5.74, 6) is 0. The molecule has 1 aliphatic rings. The van der Waals surface area contributed by atoms with Crippen LogP contribution in [0, 0.1) is 0 Å². The number of ether oxygens (including phenoxy) is 1. The largest absolute Gasteiger partial charge is 0.444 e. The van der Waals surface area contributed by atoms with E-state index in [9.17, 15) is 9.59 Å². The minimum atomic E-state index is -0.521. The number of anilines is 1. The number of carbonyl (C=O) groups excluding carboxylic acids is 1. The molecule has 0 spiro atoms. The van der Waals surface area contributed by atoms with Gasteiger partial charge in [-0.3, -0.25) is 4.90 Å². The smallest absolute Gasteiger partial charge is 0.410 e. The second-order valence-corrected chi connectivity index (χ2v) is 8.91. The number of rotatable bonds is 1. The molecule has 1 saturated heterocycles. The lowest BCUT2D eigenvalue weighted by Gasteiger charge is -2.45. The maximum Gasteiger partial charge on any atom is 0.410 e. The van der Waals surface area contributed by atoms with E-state index in [4.69, 9.17) is 9.15 Å². The molecule has 1 aromatic heterocycles. The van der Waals surface area contributed by atoms with E-state index in [1.54, 1.807) is 6.07 Å². The van der Waals surface area contributed by atoms with E-state index in [2.05, 4.69) is 20.8 Å². The third-order valence-electron chi connectivity index (χ3n) is 4.58. The van der Waals surface area contributed by atoms with Gasteiger partial charge in [0.15, 0.2) is 5.58 Å². The van der Waals surface area contributed by atoms with Crippen molar-refractivity contribution in [2.45, 2.75) is 52.3 Å². The molecule has 3 rings (SSSR count). The fraction of sp³-hybridized carbons (Fsp3) is 0.500. The van der Waals surface area contributed by atoms with Crippen LogP contribution in [-0.4, -0.2) is 41.8 Å². The van der Waals surface area contributed by atoms with Crippen molar-refractivity contribution in [1.82, 2.24) is 4.90 Å². The standard InChI is InChI=1S/C20H25BrN2O4/c1-12-10-22(11-13(2)23(12)19(25)27-20(3,4)5)16-8-7-15(21)18-14(16)6-9-17(24)26-18/h6-9,12-13H,10-11H2,1-5H3/t12-,13+. The van der Waals surface area contributed by atoms with E-state index in [1.807, 2.05) is 51.7 Å². The summed E-state index contributed by atoms with van der Waals surface area (Å²) in [7, 11) is 0. The van der Waals surface area contributed by atoms with E-state index in [1.165, 1.54) is 6.07 Å². The number of nitrogens with zero attached hydrogens (tertiary/aromatic N) is 2. The van der Waals surface area contributed by atoms with Crippen LogP contribution in [0.4, 0.5) is 10.5 Å². The number of carbonyl (C=O) groups is 1. The number of hydrogen-bond acceptors (Lipinski definition) is 5. The number of halogens is 1. The Hall–Kier alpha value is -2.02. The van der Waals surface area contributed by atoms with Gasteiger partial charge in [-0.2, -0.15) is 0 Å². The van der Waals surface area contributed by atoms with Crippen molar-refractivity contribution in [2.24, 2.45) is 0 Å². The summed E-state index contributed by atoms with van der Waals surface area (Å²) >= 11 is 3.45. The molecular formula is C20H25BrN2O4. The molecule has 27 heavy (non-hydrogen) atoms. The Morgan fingerprint density at radius 3 is 2.37 bits per heavy atom. The molecule has 0 aliphatic carbocycles. The van der Waals surface area contributed by atoms with E-state index in [0.29, 0.717) is 18.7 Å².